The first-order valence-corrected chi connectivity index (χ1v) is 10.8. The molecule has 3 rings (SSSR count). The second-order valence-corrected chi connectivity index (χ2v) is 8.79. The topological polar surface area (TPSA) is 125 Å². The van der Waals surface area contributed by atoms with E-state index in [9.17, 15) is 24.5 Å². The molecule has 1 heterocycles. The fourth-order valence-corrected chi connectivity index (χ4v) is 4.56. The third-order valence-corrected chi connectivity index (χ3v) is 6.07. The lowest BCUT2D eigenvalue weighted by Crippen LogP contribution is -2.43. The Balaban J connectivity index is 2.25. The van der Waals surface area contributed by atoms with Gasteiger partial charge < -0.3 is 14.8 Å². The van der Waals surface area contributed by atoms with Crippen molar-refractivity contribution in [2.24, 2.45) is 11.8 Å². The number of esters is 2. The summed E-state index contributed by atoms with van der Waals surface area (Å²) in [7, 11) is 1.22. The summed E-state index contributed by atoms with van der Waals surface area (Å²) in [5.41, 5.74) is 2.26. The molecule has 1 aliphatic carbocycles. The molecule has 0 aromatic heterocycles. The number of hydrogen-bond acceptors (Lipinski definition) is 8. The summed E-state index contributed by atoms with van der Waals surface area (Å²) in [6.45, 7) is 8.53. The smallest absolute Gasteiger partial charge is 0.337 e. The van der Waals surface area contributed by atoms with Gasteiger partial charge in [-0.2, -0.15) is 0 Å². The Morgan fingerprint density at radius 2 is 1.91 bits per heavy atom. The molecule has 0 spiro atoms. The number of hydrogen-bond donors (Lipinski definition) is 1. The second kappa shape index (κ2) is 9.17. The maximum absolute atomic E-state index is 13.6. The van der Waals surface area contributed by atoms with Gasteiger partial charge in [-0.15, -0.1) is 0 Å². The van der Waals surface area contributed by atoms with Crippen LogP contribution in [-0.4, -0.2) is 35.9 Å². The van der Waals surface area contributed by atoms with E-state index in [1.807, 2.05) is 0 Å². The number of carbonyl (C=O) groups is 3. The highest BCUT2D eigenvalue weighted by Crippen LogP contribution is 2.46. The minimum absolute atomic E-state index is 0.122. The van der Waals surface area contributed by atoms with Gasteiger partial charge in [-0.05, 0) is 45.6 Å². The molecular formula is C24H28N2O7. The largest absolute Gasteiger partial charge is 0.468 e. The van der Waals surface area contributed by atoms with Crippen molar-refractivity contribution in [3.05, 3.63) is 62.0 Å². The van der Waals surface area contributed by atoms with Crippen molar-refractivity contribution >= 4 is 23.4 Å². The van der Waals surface area contributed by atoms with E-state index >= 15 is 0 Å². The summed E-state index contributed by atoms with van der Waals surface area (Å²) in [4.78, 5) is 50.3. The number of nitro groups is 1. The van der Waals surface area contributed by atoms with Crippen LogP contribution in [0.15, 0.2) is 40.7 Å². The zero-order valence-corrected chi connectivity index (χ0v) is 19.6. The van der Waals surface area contributed by atoms with Gasteiger partial charge in [0, 0.05) is 34.5 Å². The van der Waals surface area contributed by atoms with Crippen molar-refractivity contribution in [3.63, 3.8) is 0 Å². The van der Waals surface area contributed by atoms with Crippen LogP contribution in [0.4, 0.5) is 5.69 Å². The molecule has 9 nitrogen and oxygen atoms in total. The summed E-state index contributed by atoms with van der Waals surface area (Å²) in [6, 6.07) is 4.63. The third-order valence-electron chi connectivity index (χ3n) is 6.07. The van der Waals surface area contributed by atoms with Crippen LogP contribution in [-0.2, 0) is 23.9 Å². The van der Waals surface area contributed by atoms with Gasteiger partial charge in [0.05, 0.1) is 23.7 Å². The third kappa shape index (κ3) is 4.40. The molecule has 9 heteroatoms. The van der Waals surface area contributed by atoms with Crippen molar-refractivity contribution in [2.45, 2.75) is 53.1 Å². The van der Waals surface area contributed by atoms with Gasteiger partial charge in [0.2, 0.25) is 0 Å². The number of aryl methyl sites for hydroxylation is 1. The fourth-order valence-electron chi connectivity index (χ4n) is 4.56. The second-order valence-electron chi connectivity index (χ2n) is 8.79. The molecule has 2 aliphatic rings. The first-order chi connectivity index (χ1) is 15.5. The van der Waals surface area contributed by atoms with Gasteiger partial charge in [-0.1, -0.05) is 19.1 Å². The van der Waals surface area contributed by atoms with Gasteiger partial charge in [0.25, 0.3) is 5.69 Å². The number of nitrogens with one attached hydrogen (secondary N) is 1. The molecule has 1 aromatic carbocycles. The van der Waals surface area contributed by atoms with Gasteiger partial charge in [-0.25, -0.2) is 4.79 Å². The van der Waals surface area contributed by atoms with Crippen LogP contribution in [0.3, 0.4) is 0 Å². The molecule has 0 saturated heterocycles. The summed E-state index contributed by atoms with van der Waals surface area (Å²) in [5.74, 6) is -4.00. The SMILES string of the molecule is COC(=O)[C@@H]1C(=O)C2=C(C[C@@H]1C)NC(C)=C(C(=O)OC(C)C)[C@H]2c1ccc(C)c([N+](=O)[O-])c1. The maximum atomic E-state index is 13.6. The zero-order chi connectivity index (χ0) is 24.6. The molecule has 176 valence electrons. The minimum atomic E-state index is -1.03. The first kappa shape index (κ1) is 24.2. The van der Waals surface area contributed by atoms with Gasteiger partial charge >= 0.3 is 11.9 Å². The number of ketones is 1. The average molecular weight is 456 g/mol. The number of methoxy groups -OCH3 is 1. The molecule has 0 unspecified atom stereocenters. The highest BCUT2D eigenvalue weighted by molar-refractivity contribution is 6.12. The molecule has 1 N–H and O–H groups in total. The van der Waals surface area contributed by atoms with Crippen LogP contribution in [0, 0.1) is 28.9 Å². The van der Waals surface area contributed by atoms with Crippen molar-refractivity contribution in [3.8, 4) is 0 Å². The van der Waals surface area contributed by atoms with Crippen LogP contribution in [0.2, 0.25) is 0 Å². The quantitative estimate of drug-likeness (QED) is 0.309. The lowest BCUT2D eigenvalue weighted by atomic mass is 9.69. The molecule has 0 saturated carbocycles. The monoisotopic (exact) mass is 456 g/mol. The first-order valence-electron chi connectivity index (χ1n) is 10.8. The number of carbonyl (C=O) groups excluding carboxylic acids is 3. The Hall–Kier alpha value is -3.49. The Kier molecular flexibility index (Phi) is 6.71. The lowest BCUT2D eigenvalue weighted by Gasteiger charge is -2.38. The Morgan fingerprint density at radius 3 is 2.48 bits per heavy atom. The maximum Gasteiger partial charge on any atom is 0.337 e. The average Bonchev–Trinajstić information content (AvgIpc) is 2.72. The molecule has 33 heavy (non-hydrogen) atoms. The summed E-state index contributed by atoms with van der Waals surface area (Å²) in [5, 5.41) is 14.8. The van der Waals surface area contributed by atoms with Crippen molar-refractivity contribution in [2.75, 3.05) is 7.11 Å². The van der Waals surface area contributed by atoms with E-state index in [1.165, 1.54) is 13.2 Å². The highest BCUT2D eigenvalue weighted by Gasteiger charge is 2.47. The summed E-state index contributed by atoms with van der Waals surface area (Å²) in [6.07, 6.45) is -0.0270. The van der Waals surface area contributed by atoms with Crippen molar-refractivity contribution < 1.29 is 28.8 Å². The lowest BCUT2D eigenvalue weighted by molar-refractivity contribution is -0.385. The number of benzene rings is 1. The van der Waals surface area contributed by atoms with E-state index in [-0.39, 0.29) is 22.8 Å². The Labute approximate surface area is 192 Å². The Morgan fingerprint density at radius 1 is 1.24 bits per heavy atom. The zero-order valence-electron chi connectivity index (χ0n) is 19.6. The molecule has 3 atom stereocenters. The number of dihydropyridines is 1. The van der Waals surface area contributed by atoms with Crippen molar-refractivity contribution in [1.29, 1.82) is 0 Å². The minimum Gasteiger partial charge on any atom is -0.468 e. The standard InChI is InChI=1S/C24H28N2O7/c1-11(2)33-24(29)19-14(5)25-16-9-13(4)18(23(28)32-6)22(27)21(16)20(19)15-8-7-12(3)17(10-15)26(30)31/h7-8,10-11,13,18,20,25H,9H2,1-6H3/t13-,18-,20+/m0/s1. The summed E-state index contributed by atoms with van der Waals surface area (Å²) < 4.78 is 10.3. The van der Waals surface area contributed by atoms with E-state index in [1.54, 1.807) is 46.8 Å². The molecule has 0 radical (unpaired) electrons. The molecule has 0 bridgehead atoms. The number of rotatable bonds is 5. The van der Waals surface area contributed by atoms with E-state index in [2.05, 4.69) is 5.32 Å². The molecule has 1 aliphatic heterocycles. The van der Waals surface area contributed by atoms with Gasteiger partial charge in [0.1, 0.15) is 5.92 Å². The van der Waals surface area contributed by atoms with Gasteiger partial charge in [0.15, 0.2) is 5.78 Å². The molecule has 0 amide bonds. The number of nitro benzene ring substituents is 1. The molecule has 1 aromatic rings. The predicted octanol–water partition coefficient (Wildman–Crippen LogP) is 3.47. The van der Waals surface area contributed by atoms with Crippen LogP contribution in [0.25, 0.3) is 0 Å². The van der Waals surface area contributed by atoms with E-state index < -0.39 is 40.6 Å². The predicted molar refractivity (Wildman–Crippen MR) is 119 cm³/mol. The number of ether oxygens (including phenoxy) is 2. The summed E-state index contributed by atoms with van der Waals surface area (Å²) >= 11 is 0. The van der Waals surface area contributed by atoms with Gasteiger partial charge in [-0.3, -0.25) is 19.7 Å². The van der Waals surface area contributed by atoms with Crippen LogP contribution < -0.4 is 5.32 Å². The number of Topliss-reactive ketones (excluding diaryl/α,β-unsaturated/α-hetero) is 1. The molecular weight excluding hydrogens is 428 g/mol. The normalized spacial score (nSPS) is 22.6. The van der Waals surface area contributed by atoms with E-state index in [0.29, 0.717) is 28.9 Å². The van der Waals surface area contributed by atoms with Crippen LogP contribution in [0.5, 0.6) is 0 Å². The number of allylic oxidation sites excluding steroid dienone is 3. The fraction of sp³-hybridized carbons (Fsp3) is 0.458. The molecule has 0 fully saturated rings. The van der Waals surface area contributed by atoms with Crippen LogP contribution in [0.1, 0.15) is 51.2 Å². The van der Waals surface area contributed by atoms with Crippen LogP contribution >= 0.6 is 0 Å². The highest BCUT2D eigenvalue weighted by atomic mass is 16.6. The van der Waals surface area contributed by atoms with E-state index in [4.69, 9.17) is 9.47 Å². The Bertz CT molecular complexity index is 1100. The van der Waals surface area contributed by atoms with E-state index in [0.717, 1.165) is 0 Å². The van der Waals surface area contributed by atoms with Crippen molar-refractivity contribution in [1.82, 2.24) is 5.32 Å². The number of nitrogens with zero attached hydrogens (tertiary/aromatic N) is 1.